The molecule has 2 aliphatic rings. The average molecular weight is 269 g/mol. The molecule has 1 aliphatic heterocycles. The molecule has 0 spiro atoms. The van der Waals surface area contributed by atoms with Gasteiger partial charge in [0.05, 0.1) is 6.10 Å². The van der Waals surface area contributed by atoms with Crippen LogP contribution in [0.1, 0.15) is 30.9 Å². The highest BCUT2D eigenvalue weighted by molar-refractivity contribution is 9.10. The molecule has 0 saturated heterocycles. The van der Waals surface area contributed by atoms with Crippen molar-refractivity contribution in [2.24, 2.45) is 5.92 Å². The number of halogens is 1. The summed E-state index contributed by atoms with van der Waals surface area (Å²) >= 11 is 3.41. The minimum atomic E-state index is -0.364. The van der Waals surface area contributed by atoms with Gasteiger partial charge in [-0.1, -0.05) is 15.9 Å². The Hall–Kier alpha value is -0.540. The molecule has 0 amide bonds. The van der Waals surface area contributed by atoms with Crippen molar-refractivity contribution in [3.63, 3.8) is 0 Å². The molecular formula is C12H13BrO2. The van der Waals surface area contributed by atoms with Crippen LogP contribution in [-0.2, 0) is 0 Å². The third kappa shape index (κ3) is 1.79. The zero-order chi connectivity index (χ0) is 10.4. The predicted molar refractivity (Wildman–Crippen MR) is 60.9 cm³/mol. The largest absolute Gasteiger partial charge is 0.490 e. The van der Waals surface area contributed by atoms with Gasteiger partial charge in [0.2, 0.25) is 0 Å². The van der Waals surface area contributed by atoms with Crippen LogP contribution in [0.3, 0.4) is 0 Å². The summed E-state index contributed by atoms with van der Waals surface area (Å²) in [5, 5.41) is 10.0. The van der Waals surface area contributed by atoms with Gasteiger partial charge in [-0.25, -0.2) is 0 Å². The molecule has 0 bridgehead atoms. The number of fused-ring (bicyclic) bond motifs is 1. The molecule has 1 aromatic rings. The van der Waals surface area contributed by atoms with Crippen LogP contribution >= 0.6 is 15.9 Å². The highest BCUT2D eigenvalue weighted by atomic mass is 79.9. The Balaban J connectivity index is 1.93. The van der Waals surface area contributed by atoms with Gasteiger partial charge in [0.1, 0.15) is 11.9 Å². The smallest absolute Gasteiger partial charge is 0.125 e. The lowest BCUT2D eigenvalue weighted by atomic mass is 9.97. The number of benzene rings is 1. The van der Waals surface area contributed by atoms with Gasteiger partial charge in [-0.15, -0.1) is 0 Å². The summed E-state index contributed by atoms with van der Waals surface area (Å²) in [6.45, 7) is 0. The lowest BCUT2D eigenvalue weighted by molar-refractivity contribution is 0.0550. The third-order valence-corrected chi connectivity index (χ3v) is 3.71. The lowest BCUT2D eigenvalue weighted by Gasteiger charge is -2.29. The van der Waals surface area contributed by atoms with Crippen molar-refractivity contribution < 1.29 is 9.84 Å². The van der Waals surface area contributed by atoms with Gasteiger partial charge in [-0.3, -0.25) is 0 Å². The number of hydrogen-bond donors (Lipinski definition) is 1. The van der Waals surface area contributed by atoms with Gasteiger partial charge >= 0.3 is 0 Å². The van der Waals surface area contributed by atoms with Crippen LogP contribution in [-0.4, -0.2) is 11.2 Å². The SMILES string of the molecule is OC1CC(C2CC2)Oc2ccc(Br)cc21. The maximum absolute atomic E-state index is 10.0. The van der Waals surface area contributed by atoms with Crippen LogP contribution in [0.2, 0.25) is 0 Å². The monoisotopic (exact) mass is 268 g/mol. The number of ether oxygens (including phenoxy) is 1. The Labute approximate surface area is 97.4 Å². The molecule has 1 heterocycles. The van der Waals surface area contributed by atoms with Crippen molar-refractivity contribution in [1.29, 1.82) is 0 Å². The minimum absolute atomic E-state index is 0.230. The molecule has 2 atom stereocenters. The normalized spacial score (nSPS) is 29.5. The van der Waals surface area contributed by atoms with Crippen molar-refractivity contribution in [1.82, 2.24) is 0 Å². The Kier molecular flexibility index (Phi) is 2.25. The van der Waals surface area contributed by atoms with E-state index in [1.54, 1.807) is 0 Å². The summed E-state index contributed by atoms with van der Waals surface area (Å²) < 4.78 is 6.89. The highest BCUT2D eigenvalue weighted by Crippen LogP contribution is 2.44. The van der Waals surface area contributed by atoms with E-state index < -0.39 is 0 Å². The maximum Gasteiger partial charge on any atom is 0.125 e. The van der Waals surface area contributed by atoms with E-state index in [4.69, 9.17) is 4.74 Å². The van der Waals surface area contributed by atoms with Crippen molar-refractivity contribution >= 4 is 15.9 Å². The minimum Gasteiger partial charge on any atom is -0.490 e. The topological polar surface area (TPSA) is 29.5 Å². The summed E-state index contributed by atoms with van der Waals surface area (Å²) in [5.74, 6) is 1.53. The van der Waals surface area contributed by atoms with E-state index in [1.165, 1.54) is 12.8 Å². The lowest BCUT2D eigenvalue weighted by Crippen LogP contribution is -2.27. The van der Waals surface area contributed by atoms with Crippen molar-refractivity contribution in [3.8, 4) is 5.75 Å². The first-order valence-corrected chi connectivity index (χ1v) is 6.17. The van der Waals surface area contributed by atoms with E-state index in [9.17, 15) is 5.11 Å². The Morgan fingerprint density at radius 2 is 2.13 bits per heavy atom. The van der Waals surface area contributed by atoms with E-state index in [-0.39, 0.29) is 12.2 Å². The Bertz CT molecular complexity index is 387. The number of hydrogen-bond acceptors (Lipinski definition) is 2. The van der Waals surface area contributed by atoms with Gasteiger partial charge in [0, 0.05) is 16.5 Å². The molecule has 2 unspecified atom stereocenters. The van der Waals surface area contributed by atoms with Gasteiger partial charge in [0.15, 0.2) is 0 Å². The van der Waals surface area contributed by atoms with Crippen molar-refractivity contribution in [3.05, 3.63) is 28.2 Å². The molecule has 0 aromatic heterocycles. The average Bonchev–Trinajstić information content (AvgIpc) is 3.02. The number of rotatable bonds is 1. The fourth-order valence-electron chi connectivity index (χ4n) is 2.20. The molecule has 1 saturated carbocycles. The molecule has 1 fully saturated rings. The summed E-state index contributed by atoms with van der Waals surface area (Å²) in [6.07, 6.45) is 3.12. The molecule has 0 radical (unpaired) electrons. The third-order valence-electron chi connectivity index (χ3n) is 3.21. The quantitative estimate of drug-likeness (QED) is 0.849. The van der Waals surface area contributed by atoms with E-state index in [0.717, 1.165) is 22.2 Å². The molecule has 3 heteroatoms. The van der Waals surface area contributed by atoms with E-state index in [0.29, 0.717) is 5.92 Å². The van der Waals surface area contributed by atoms with Gasteiger partial charge in [-0.2, -0.15) is 0 Å². The first-order valence-electron chi connectivity index (χ1n) is 5.38. The van der Waals surface area contributed by atoms with Gasteiger partial charge in [0.25, 0.3) is 0 Å². The summed E-state index contributed by atoms with van der Waals surface area (Å²) in [6, 6.07) is 5.85. The van der Waals surface area contributed by atoms with Crippen LogP contribution in [0.5, 0.6) is 5.75 Å². The fourth-order valence-corrected chi connectivity index (χ4v) is 2.58. The standard InChI is InChI=1S/C12H13BrO2/c13-8-3-4-11-9(5-8)10(14)6-12(15-11)7-1-2-7/h3-5,7,10,12,14H,1-2,6H2. The van der Waals surface area contributed by atoms with Crippen molar-refractivity contribution in [2.45, 2.75) is 31.5 Å². The Morgan fingerprint density at radius 3 is 2.87 bits per heavy atom. The summed E-state index contributed by atoms with van der Waals surface area (Å²) in [7, 11) is 0. The fraction of sp³-hybridized carbons (Fsp3) is 0.500. The van der Waals surface area contributed by atoms with Gasteiger partial charge < -0.3 is 9.84 Å². The van der Waals surface area contributed by atoms with Gasteiger partial charge in [-0.05, 0) is 37.0 Å². The molecule has 1 aromatic carbocycles. The van der Waals surface area contributed by atoms with E-state index in [2.05, 4.69) is 15.9 Å². The predicted octanol–water partition coefficient (Wildman–Crippen LogP) is 3.04. The molecule has 80 valence electrons. The summed E-state index contributed by atoms with van der Waals surface area (Å²) in [4.78, 5) is 0. The molecule has 2 nitrogen and oxygen atoms in total. The number of aliphatic hydroxyl groups excluding tert-OH is 1. The second kappa shape index (κ2) is 3.49. The van der Waals surface area contributed by atoms with Crippen LogP contribution in [0.25, 0.3) is 0 Å². The molecule has 15 heavy (non-hydrogen) atoms. The second-order valence-corrected chi connectivity index (χ2v) is 5.34. The van der Waals surface area contributed by atoms with E-state index in [1.807, 2.05) is 18.2 Å². The molecular weight excluding hydrogens is 256 g/mol. The van der Waals surface area contributed by atoms with Crippen LogP contribution < -0.4 is 4.74 Å². The zero-order valence-electron chi connectivity index (χ0n) is 8.32. The highest BCUT2D eigenvalue weighted by Gasteiger charge is 2.38. The van der Waals surface area contributed by atoms with Crippen LogP contribution in [0, 0.1) is 5.92 Å². The molecule has 1 aliphatic carbocycles. The summed E-state index contributed by atoms with van der Waals surface area (Å²) in [5.41, 5.74) is 0.918. The Morgan fingerprint density at radius 1 is 1.33 bits per heavy atom. The van der Waals surface area contributed by atoms with E-state index >= 15 is 0 Å². The van der Waals surface area contributed by atoms with Crippen LogP contribution in [0.4, 0.5) is 0 Å². The molecule has 3 rings (SSSR count). The molecule has 1 N–H and O–H groups in total. The van der Waals surface area contributed by atoms with Crippen LogP contribution in [0.15, 0.2) is 22.7 Å². The van der Waals surface area contributed by atoms with Crippen molar-refractivity contribution in [2.75, 3.05) is 0 Å². The number of aliphatic hydroxyl groups is 1. The first kappa shape index (κ1) is 9.67. The first-order chi connectivity index (χ1) is 7.24. The maximum atomic E-state index is 10.0. The second-order valence-electron chi connectivity index (χ2n) is 4.43. The zero-order valence-corrected chi connectivity index (χ0v) is 9.90.